The molecule has 16 nitrogen and oxygen atoms in total. The normalized spacial score (nSPS) is 12.0. The Bertz CT molecular complexity index is 1210. The third-order valence-electron chi connectivity index (χ3n) is 6.10. The number of hydrogen-bond donors (Lipinski definition) is 3. The average Bonchev–Trinajstić information content (AvgIpc) is 2.99. The minimum Gasteiger partial charge on any atom is -0.464 e. The van der Waals surface area contributed by atoms with Crippen molar-refractivity contribution in [2.24, 2.45) is 5.92 Å². The smallest absolute Gasteiger partial charge is 0.328 e. The monoisotopic (exact) mass is 655 g/mol. The maximum absolute atomic E-state index is 13.0. The molecule has 0 bridgehead atoms. The molecule has 0 radical (unpaired) electrons. The van der Waals surface area contributed by atoms with Gasteiger partial charge in [0.1, 0.15) is 18.6 Å². The maximum Gasteiger partial charge on any atom is 0.328 e. The van der Waals surface area contributed by atoms with E-state index in [4.69, 9.17) is 9.47 Å². The fourth-order valence-corrected chi connectivity index (χ4v) is 4.48. The van der Waals surface area contributed by atoms with Crippen LogP contribution in [0, 0.1) is 26.1 Å². The molecule has 0 aliphatic carbocycles. The van der Waals surface area contributed by atoms with Crippen molar-refractivity contribution in [3.05, 3.63) is 38.4 Å². The molecule has 0 heterocycles. The average molecular weight is 656 g/mol. The highest BCUT2D eigenvalue weighted by Crippen LogP contribution is 2.32. The molecule has 1 rings (SSSR count). The summed E-state index contributed by atoms with van der Waals surface area (Å²) in [6.45, 7) is 6.91. The lowest BCUT2D eigenvalue weighted by Crippen LogP contribution is -2.50. The van der Waals surface area contributed by atoms with Gasteiger partial charge in [-0.1, -0.05) is 40.5 Å². The van der Waals surface area contributed by atoms with Crippen molar-refractivity contribution in [2.45, 2.75) is 83.2 Å². The number of hydrogen-bond acceptors (Lipinski definition) is 12. The number of esters is 2. The van der Waals surface area contributed by atoms with Crippen molar-refractivity contribution in [3.8, 4) is 0 Å². The van der Waals surface area contributed by atoms with E-state index in [1.807, 2.05) is 13.8 Å². The van der Waals surface area contributed by atoms with Gasteiger partial charge in [-0.15, -0.1) is 11.8 Å². The lowest BCUT2D eigenvalue weighted by molar-refractivity contribution is -0.396. The van der Waals surface area contributed by atoms with Gasteiger partial charge in [0.25, 0.3) is 11.4 Å². The molecule has 0 saturated carbocycles. The number of unbranched alkanes of at least 4 members (excludes halogenated alkanes) is 2. The van der Waals surface area contributed by atoms with Gasteiger partial charge in [-0.05, 0) is 25.3 Å². The predicted molar refractivity (Wildman–Crippen MR) is 163 cm³/mol. The summed E-state index contributed by atoms with van der Waals surface area (Å²) < 4.78 is 10.2. The number of benzene rings is 1. The Kier molecular flexibility index (Phi) is 17.8. The molecule has 3 amide bonds. The molecular weight excluding hydrogens is 614 g/mol. The van der Waals surface area contributed by atoms with Crippen molar-refractivity contribution < 1.29 is 43.3 Å². The standard InChI is InChI=1S/C28H41N5O11S/c1-5-7-13-43-25(35)16-29-27(37)21(17-45-23-11-9-19(32(39)40)15-22(23)33(41)42)30-24(34)12-10-20(31-26(36)18(3)4)28(38)44-14-8-6-2/h9,11,15,18,20-21H,5-8,10,12-14,16-17H2,1-4H3,(H,29,37)(H,30,34)(H,31,36). The number of amides is 3. The lowest BCUT2D eigenvalue weighted by atomic mass is 10.1. The molecular formula is C28H41N5O11S. The number of carbonyl (C=O) groups is 5. The van der Waals surface area contributed by atoms with Crippen molar-refractivity contribution in [2.75, 3.05) is 25.5 Å². The van der Waals surface area contributed by atoms with Crippen LogP contribution in [0.4, 0.5) is 11.4 Å². The Labute approximate surface area is 265 Å². The Morgan fingerprint density at radius 2 is 1.53 bits per heavy atom. The van der Waals surface area contributed by atoms with Gasteiger partial charge in [0.15, 0.2) is 0 Å². The number of rotatable bonds is 21. The molecule has 3 N–H and O–H groups in total. The van der Waals surface area contributed by atoms with E-state index in [9.17, 15) is 44.2 Å². The van der Waals surface area contributed by atoms with Gasteiger partial charge in [-0.25, -0.2) is 4.79 Å². The van der Waals surface area contributed by atoms with E-state index >= 15 is 0 Å². The fraction of sp³-hybridized carbons (Fsp3) is 0.607. The molecule has 0 aliphatic rings. The van der Waals surface area contributed by atoms with Crippen molar-refractivity contribution >= 4 is 52.8 Å². The Morgan fingerprint density at radius 3 is 2.11 bits per heavy atom. The summed E-state index contributed by atoms with van der Waals surface area (Å²) in [6, 6.07) is 0.578. The first-order valence-electron chi connectivity index (χ1n) is 14.6. The van der Waals surface area contributed by atoms with Crippen LogP contribution in [-0.4, -0.2) is 77.1 Å². The van der Waals surface area contributed by atoms with E-state index in [-0.39, 0.29) is 36.7 Å². The number of nitrogens with one attached hydrogen (secondary N) is 3. The van der Waals surface area contributed by atoms with Crippen LogP contribution in [0.15, 0.2) is 23.1 Å². The van der Waals surface area contributed by atoms with Crippen LogP contribution in [0.1, 0.15) is 66.2 Å². The minimum atomic E-state index is -1.32. The van der Waals surface area contributed by atoms with Gasteiger partial charge < -0.3 is 25.4 Å². The Balaban J connectivity index is 3.06. The van der Waals surface area contributed by atoms with Crippen molar-refractivity contribution in [1.29, 1.82) is 0 Å². The fourth-order valence-electron chi connectivity index (χ4n) is 3.45. The third-order valence-corrected chi connectivity index (χ3v) is 7.26. The van der Waals surface area contributed by atoms with E-state index in [2.05, 4.69) is 16.0 Å². The molecule has 0 saturated heterocycles. The second-order valence-electron chi connectivity index (χ2n) is 10.2. The van der Waals surface area contributed by atoms with Crippen LogP contribution in [0.5, 0.6) is 0 Å². The molecule has 0 aliphatic heterocycles. The zero-order valence-corrected chi connectivity index (χ0v) is 26.6. The Hall–Kier alpha value is -4.28. The first-order chi connectivity index (χ1) is 21.3. The molecule has 2 unspecified atom stereocenters. The summed E-state index contributed by atoms with van der Waals surface area (Å²) >= 11 is 0.790. The lowest BCUT2D eigenvalue weighted by Gasteiger charge is -2.21. The summed E-state index contributed by atoms with van der Waals surface area (Å²) in [7, 11) is 0. The minimum absolute atomic E-state index is 0.00270. The van der Waals surface area contributed by atoms with Crippen LogP contribution in [-0.2, 0) is 33.4 Å². The van der Waals surface area contributed by atoms with Crippen LogP contribution in [0.3, 0.4) is 0 Å². The number of nitrogens with zero attached hydrogens (tertiary/aromatic N) is 2. The maximum atomic E-state index is 13.0. The zero-order chi connectivity index (χ0) is 33.9. The summed E-state index contributed by atoms with van der Waals surface area (Å²) in [5.74, 6) is -4.01. The van der Waals surface area contributed by atoms with Crippen LogP contribution in [0.25, 0.3) is 0 Å². The van der Waals surface area contributed by atoms with Gasteiger partial charge >= 0.3 is 11.9 Å². The summed E-state index contributed by atoms with van der Waals surface area (Å²) in [5, 5.41) is 30.0. The van der Waals surface area contributed by atoms with Gasteiger partial charge in [0.05, 0.1) is 34.0 Å². The van der Waals surface area contributed by atoms with E-state index in [1.165, 1.54) is 0 Å². The van der Waals surface area contributed by atoms with Crippen LogP contribution in [0.2, 0.25) is 0 Å². The first kappa shape index (κ1) is 38.7. The van der Waals surface area contributed by atoms with E-state index < -0.39 is 75.4 Å². The summed E-state index contributed by atoms with van der Waals surface area (Å²) in [5.41, 5.74) is -1.06. The van der Waals surface area contributed by atoms with Crippen molar-refractivity contribution in [3.63, 3.8) is 0 Å². The number of carbonyl (C=O) groups excluding carboxylic acids is 5. The SMILES string of the molecule is CCCCOC(=O)CNC(=O)C(CSc1ccc([N+](=O)[O-])cc1[N+](=O)[O-])NC(=O)CCC(NC(=O)C(C)C)C(=O)OCCCC. The molecule has 1 aromatic carbocycles. The van der Waals surface area contributed by atoms with Gasteiger partial charge in [-0.2, -0.15) is 0 Å². The molecule has 0 aromatic heterocycles. The molecule has 0 spiro atoms. The van der Waals surface area contributed by atoms with Crippen LogP contribution < -0.4 is 16.0 Å². The highest BCUT2D eigenvalue weighted by atomic mass is 32.2. The second-order valence-corrected chi connectivity index (χ2v) is 11.2. The molecule has 17 heteroatoms. The molecule has 250 valence electrons. The predicted octanol–water partition coefficient (Wildman–Crippen LogP) is 2.80. The second kappa shape index (κ2) is 20.6. The number of ether oxygens (including phenoxy) is 2. The Morgan fingerprint density at radius 1 is 0.889 bits per heavy atom. The topological polar surface area (TPSA) is 226 Å². The first-order valence-corrected chi connectivity index (χ1v) is 15.5. The highest BCUT2D eigenvalue weighted by Gasteiger charge is 2.28. The number of nitro benzene ring substituents is 2. The quantitative estimate of drug-likeness (QED) is 0.0571. The van der Waals surface area contributed by atoms with E-state index in [1.54, 1.807) is 13.8 Å². The van der Waals surface area contributed by atoms with Gasteiger partial charge in [0.2, 0.25) is 17.7 Å². The molecule has 1 aromatic rings. The molecule has 45 heavy (non-hydrogen) atoms. The van der Waals surface area contributed by atoms with Gasteiger partial charge in [-0.3, -0.25) is 39.4 Å². The third kappa shape index (κ3) is 14.8. The highest BCUT2D eigenvalue weighted by molar-refractivity contribution is 7.99. The van der Waals surface area contributed by atoms with Crippen molar-refractivity contribution in [1.82, 2.24) is 16.0 Å². The largest absolute Gasteiger partial charge is 0.464 e. The summed E-state index contributed by atoms with van der Waals surface area (Å²) in [6.07, 6.45) is 2.36. The van der Waals surface area contributed by atoms with E-state index in [0.29, 0.717) is 12.8 Å². The molecule has 2 atom stereocenters. The number of non-ortho nitro benzene ring substituents is 1. The van der Waals surface area contributed by atoms with E-state index in [0.717, 1.165) is 42.8 Å². The number of thioether (sulfide) groups is 1. The van der Waals surface area contributed by atoms with Gasteiger partial charge in [0, 0.05) is 24.2 Å². The zero-order valence-electron chi connectivity index (χ0n) is 25.8. The molecule has 0 fully saturated rings. The van der Waals surface area contributed by atoms with Crippen LogP contribution >= 0.6 is 11.8 Å². The number of nitro groups is 2. The summed E-state index contributed by atoms with van der Waals surface area (Å²) in [4.78, 5) is 83.8.